The normalized spacial score (nSPS) is 22.8. The molecule has 0 saturated carbocycles. The van der Waals surface area contributed by atoms with E-state index in [2.05, 4.69) is 0 Å². The van der Waals surface area contributed by atoms with Crippen molar-refractivity contribution in [2.45, 2.75) is 12.1 Å². The molecule has 2 aliphatic heterocycles. The number of aliphatic imine (C=N–C) groups is 1. The summed E-state index contributed by atoms with van der Waals surface area (Å²) in [7, 11) is -3.10. The first-order valence-electron chi connectivity index (χ1n) is 8.75. The van der Waals surface area contributed by atoms with Crippen molar-refractivity contribution in [3.05, 3.63) is 58.6 Å². The Morgan fingerprint density at radius 3 is 2.54 bits per heavy atom. The number of sulfone groups is 1. The van der Waals surface area contributed by atoms with Gasteiger partial charge in [0.05, 0.1) is 30.2 Å². The molecule has 0 N–H and O–H groups in total. The number of thioether (sulfide) groups is 1. The Bertz CT molecular complexity index is 979. The van der Waals surface area contributed by atoms with Gasteiger partial charge in [-0.3, -0.25) is 4.99 Å². The van der Waals surface area contributed by atoms with Crippen LogP contribution in [0.3, 0.4) is 0 Å². The van der Waals surface area contributed by atoms with Crippen LogP contribution in [0.25, 0.3) is 0 Å². The van der Waals surface area contributed by atoms with Gasteiger partial charge in [-0.25, -0.2) is 8.42 Å². The maximum Gasteiger partial charge on any atom is 0.164 e. The molecule has 0 unspecified atom stereocenters. The van der Waals surface area contributed by atoms with Crippen LogP contribution < -0.4 is 9.64 Å². The Hall–Kier alpha value is -1.41. The van der Waals surface area contributed by atoms with Crippen LogP contribution >= 0.6 is 35.0 Å². The number of hydrogen-bond acceptors (Lipinski definition) is 6. The average Bonchev–Trinajstić information content (AvgIpc) is 3.09. The minimum absolute atomic E-state index is 0.0764. The topological polar surface area (TPSA) is 59.0 Å². The van der Waals surface area contributed by atoms with Gasteiger partial charge in [0.1, 0.15) is 5.75 Å². The van der Waals surface area contributed by atoms with Crippen molar-refractivity contribution in [1.29, 1.82) is 0 Å². The minimum Gasteiger partial charge on any atom is -0.493 e. The van der Waals surface area contributed by atoms with E-state index in [0.717, 1.165) is 16.6 Å². The number of benzene rings is 2. The molecule has 5 nitrogen and oxygen atoms in total. The zero-order valence-electron chi connectivity index (χ0n) is 14.8. The predicted octanol–water partition coefficient (Wildman–Crippen LogP) is 4.15. The largest absolute Gasteiger partial charge is 0.493 e. The summed E-state index contributed by atoms with van der Waals surface area (Å²) >= 11 is 13.9. The summed E-state index contributed by atoms with van der Waals surface area (Å²) in [6.45, 7) is 0.519. The fourth-order valence-corrected chi connectivity index (χ4v) is 6.72. The van der Waals surface area contributed by atoms with Gasteiger partial charge in [0, 0.05) is 21.5 Å². The van der Waals surface area contributed by atoms with Gasteiger partial charge < -0.3 is 9.64 Å². The van der Waals surface area contributed by atoms with Crippen molar-refractivity contribution in [1.82, 2.24) is 0 Å². The molecule has 1 saturated heterocycles. The number of halogens is 2. The van der Waals surface area contributed by atoms with Gasteiger partial charge in [0.2, 0.25) is 0 Å². The van der Waals surface area contributed by atoms with Gasteiger partial charge in [0.25, 0.3) is 0 Å². The van der Waals surface area contributed by atoms with Gasteiger partial charge >= 0.3 is 0 Å². The molecule has 9 heteroatoms. The van der Waals surface area contributed by atoms with Crippen molar-refractivity contribution >= 4 is 55.7 Å². The molecule has 2 aromatic rings. The number of nitrogens with zero attached hydrogens (tertiary/aromatic N) is 2. The highest BCUT2D eigenvalue weighted by molar-refractivity contribution is 8.14. The Morgan fingerprint density at radius 2 is 1.82 bits per heavy atom. The van der Waals surface area contributed by atoms with Crippen molar-refractivity contribution < 1.29 is 13.2 Å². The van der Waals surface area contributed by atoms with E-state index in [1.54, 1.807) is 30.0 Å². The molecule has 0 aromatic heterocycles. The van der Waals surface area contributed by atoms with Crippen LogP contribution in [-0.2, 0) is 9.84 Å². The van der Waals surface area contributed by atoms with Gasteiger partial charge in [0.15, 0.2) is 15.0 Å². The number of amidine groups is 1. The van der Waals surface area contributed by atoms with E-state index < -0.39 is 9.84 Å². The summed E-state index contributed by atoms with van der Waals surface area (Å²) in [6.07, 6.45) is 0. The molecule has 28 heavy (non-hydrogen) atoms. The number of para-hydroxylation sites is 1. The fourth-order valence-electron chi connectivity index (χ4n) is 3.42. The number of ether oxygens (including phenoxy) is 1. The van der Waals surface area contributed by atoms with Crippen molar-refractivity contribution in [2.75, 3.05) is 28.8 Å². The van der Waals surface area contributed by atoms with Crippen LogP contribution in [0.5, 0.6) is 5.75 Å². The van der Waals surface area contributed by atoms with Gasteiger partial charge in [-0.05, 0) is 30.3 Å². The Balaban J connectivity index is 1.50. The number of fused-ring (bicyclic) bond motifs is 1. The standard InChI is InChI=1S/C19H18Cl2N2O3S2/c20-13-8-14(21)10-15(9-13)23-18-12-28(24,25)11-17(18)22-19(23)27-7-6-26-16-4-2-1-3-5-16/h1-5,8-10,17-18H,6-7,11-12H2/t17-,18+/m0/s1. The zero-order valence-corrected chi connectivity index (χ0v) is 17.9. The van der Waals surface area contributed by atoms with Crippen LogP contribution in [0.15, 0.2) is 53.5 Å². The third-order valence-corrected chi connectivity index (χ3v) is 7.63. The summed E-state index contributed by atoms with van der Waals surface area (Å²) < 4.78 is 29.9. The van der Waals surface area contributed by atoms with Crippen molar-refractivity contribution in [3.8, 4) is 5.75 Å². The lowest BCUT2D eigenvalue weighted by Crippen LogP contribution is -2.39. The van der Waals surface area contributed by atoms with Crippen LogP contribution in [-0.4, -0.2) is 49.5 Å². The second-order valence-electron chi connectivity index (χ2n) is 6.63. The number of hydrogen-bond donors (Lipinski definition) is 0. The van der Waals surface area contributed by atoms with E-state index in [1.165, 1.54) is 0 Å². The highest BCUT2D eigenvalue weighted by Gasteiger charge is 2.47. The van der Waals surface area contributed by atoms with Crippen LogP contribution in [0.2, 0.25) is 10.0 Å². The smallest absolute Gasteiger partial charge is 0.164 e. The number of rotatable bonds is 5. The first-order valence-corrected chi connectivity index (χ1v) is 12.3. The molecule has 0 bridgehead atoms. The molecule has 0 aliphatic carbocycles. The van der Waals surface area contributed by atoms with Gasteiger partial charge in [-0.2, -0.15) is 0 Å². The van der Waals surface area contributed by atoms with Crippen molar-refractivity contribution in [2.24, 2.45) is 4.99 Å². The fraction of sp³-hybridized carbons (Fsp3) is 0.316. The molecular weight excluding hydrogens is 439 g/mol. The molecule has 0 spiro atoms. The van der Waals surface area contributed by atoms with E-state index in [0.29, 0.717) is 22.4 Å². The van der Waals surface area contributed by atoms with Gasteiger partial charge in [-0.15, -0.1) is 0 Å². The molecule has 2 aliphatic rings. The monoisotopic (exact) mass is 456 g/mol. The van der Waals surface area contributed by atoms with E-state index in [9.17, 15) is 8.42 Å². The quantitative estimate of drug-likeness (QED) is 0.632. The molecule has 1 fully saturated rings. The SMILES string of the molecule is O=S1(=O)C[C@@H]2N=C(SCCOc3ccccc3)N(c3cc(Cl)cc(Cl)c3)[C@@H]2C1. The maximum absolute atomic E-state index is 12.1. The van der Waals surface area contributed by atoms with E-state index in [-0.39, 0.29) is 23.6 Å². The third-order valence-electron chi connectivity index (χ3n) is 4.56. The van der Waals surface area contributed by atoms with Gasteiger partial charge in [-0.1, -0.05) is 53.2 Å². The first-order chi connectivity index (χ1) is 13.4. The Kier molecular flexibility index (Phi) is 5.78. The first kappa shape index (κ1) is 19.9. The van der Waals surface area contributed by atoms with E-state index in [1.807, 2.05) is 35.2 Å². The summed E-state index contributed by atoms with van der Waals surface area (Å²) in [5.41, 5.74) is 0.761. The van der Waals surface area contributed by atoms with Crippen molar-refractivity contribution in [3.63, 3.8) is 0 Å². The van der Waals surface area contributed by atoms with Crippen LogP contribution in [0, 0.1) is 0 Å². The van der Waals surface area contributed by atoms with E-state index >= 15 is 0 Å². The van der Waals surface area contributed by atoms with Crippen LogP contribution in [0.4, 0.5) is 5.69 Å². The maximum atomic E-state index is 12.1. The summed E-state index contributed by atoms with van der Waals surface area (Å²) in [6, 6.07) is 14.4. The molecule has 0 radical (unpaired) electrons. The molecule has 4 rings (SSSR count). The Labute approximate surface area is 178 Å². The molecule has 2 heterocycles. The lowest BCUT2D eigenvalue weighted by atomic mass is 10.1. The zero-order chi connectivity index (χ0) is 19.7. The van der Waals surface area contributed by atoms with Crippen LogP contribution in [0.1, 0.15) is 0 Å². The predicted molar refractivity (Wildman–Crippen MR) is 117 cm³/mol. The summed E-state index contributed by atoms with van der Waals surface area (Å²) in [4.78, 5) is 6.65. The number of anilines is 1. The highest BCUT2D eigenvalue weighted by Crippen LogP contribution is 2.37. The molecule has 2 aromatic carbocycles. The third kappa shape index (κ3) is 4.43. The van der Waals surface area contributed by atoms with E-state index in [4.69, 9.17) is 32.9 Å². The highest BCUT2D eigenvalue weighted by atomic mass is 35.5. The molecule has 148 valence electrons. The molecule has 2 atom stereocenters. The second kappa shape index (κ2) is 8.14. The second-order valence-corrected chi connectivity index (χ2v) is 10.7. The lowest BCUT2D eigenvalue weighted by Gasteiger charge is -2.26. The summed E-state index contributed by atoms with van der Waals surface area (Å²) in [5.74, 6) is 1.66. The summed E-state index contributed by atoms with van der Waals surface area (Å²) in [5, 5.41) is 1.78. The average molecular weight is 457 g/mol. The molecular formula is C19H18Cl2N2O3S2. The Morgan fingerprint density at radius 1 is 1.11 bits per heavy atom. The minimum atomic E-state index is -3.10. The molecule has 0 amide bonds. The lowest BCUT2D eigenvalue weighted by molar-refractivity contribution is 0.344.